The molecule has 1 aliphatic rings. The average molecular weight is 369 g/mol. The van der Waals surface area contributed by atoms with Crippen LogP contribution in [0.4, 0.5) is 5.69 Å². The van der Waals surface area contributed by atoms with Gasteiger partial charge in [-0.25, -0.2) is 0 Å². The van der Waals surface area contributed by atoms with Crippen molar-refractivity contribution < 1.29 is 14.6 Å². The molecule has 7 nitrogen and oxygen atoms in total. The van der Waals surface area contributed by atoms with E-state index in [0.717, 1.165) is 5.56 Å². The molecule has 3 rings (SSSR count). The van der Waals surface area contributed by atoms with Crippen LogP contribution in [0.3, 0.4) is 0 Å². The van der Waals surface area contributed by atoms with Gasteiger partial charge in [0.15, 0.2) is 0 Å². The van der Waals surface area contributed by atoms with Crippen molar-refractivity contribution in [2.45, 2.75) is 32.5 Å². The number of nitrogens with zero attached hydrogens (tertiary/aromatic N) is 3. The summed E-state index contributed by atoms with van der Waals surface area (Å²) in [5.74, 6) is -0.184. The Bertz CT molecular complexity index is 815. The van der Waals surface area contributed by atoms with Gasteiger partial charge in [0.25, 0.3) is 11.6 Å². The summed E-state index contributed by atoms with van der Waals surface area (Å²) in [5.41, 5.74) is 0.999. The maximum atomic E-state index is 13.2. The van der Waals surface area contributed by atoms with E-state index in [-0.39, 0.29) is 23.3 Å². The van der Waals surface area contributed by atoms with E-state index < -0.39 is 4.92 Å². The molecule has 7 heteroatoms. The Morgan fingerprint density at radius 2 is 1.74 bits per heavy atom. The molecule has 1 unspecified atom stereocenters. The Morgan fingerprint density at radius 1 is 1.11 bits per heavy atom. The maximum absolute atomic E-state index is 13.2. The summed E-state index contributed by atoms with van der Waals surface area (Å²) in [5, 5.41) is 12.7. The Balaban J connectivity index is 1.97. The van der Waals surface area contributed by atoms with E-state index in [1.807, 2.05) is 56.2 Å². The van der Waals surface area contributed by atoms with E-state index in [0.29, 0.717) is 18.7 Å². The molecule has 0 aliphatic carbocycles. The molecule has 1 heterocycles. The molecule has 0 N–H and O–H groups in total. The fourth-order valence-corrected chi connectivity index (χ4v) is 3.16. The quantitative estimate of drug-likeness (QED) is 0.608. The minimum Gasteiger partial charge on any atom is -0.314 e. The third-order valence-electron chi connectivity index (χ3n) is 4.42. The van der Waals surface area contributed by atoms with Gasteiger partial charge in [-0.1, -0.05) is 30.3 Å². The van der Waals surface area contributed by atoms with Crippen LogP contribution in [0.25, 0.3) is 0 Å². The number of nitro benzene ring substituents is 1. The maximum Gasteiger partial charge on any atom is 0.269 e. The van der Waals surface area contributed by atoms with Gasteiger partial charge in [-0.3, -0.25) is 19.7 Å². The van der Waals surface area contributed by atoms with Crippen molar-refractivity contribution in [3.05, 3.63) is 75.8 Å². The summed E-state index contributed by atoms with van der Waals surface area (Å²) >= 11 is 0. The van der Waals surface area contributed by atoms with E-state index in [1.54, 1.807) is 4.90 Å². The van der Waals surface area contributed by atoms with E-state index >= 15 is 0 Å². The van der Waals surface area contributed by atoms with Crippen molar-refractivity contribution in [2.24, 2.45) is 0 Å². The first-order chi connectivity index (χ1) is 12.8. The molecular weight excluding hydrogens is 346 g/mol. The summed E-state index contributed by atoms with van der Waals surface area (Å²) in [7, 11) is 0. The summed E-state index contributed by atoms with van der Waals surface area (Å²) in [6.45, 7) is 6.91. The van der Waals surface area contributed by atoms with Gasteiger partial charge in [0, 0.05) is 29.8 Å². The van der Waals surface area contributed by atoms with Crippen LogP contribution in [0.5, 0.6) is 0 Å². The van der Waals surface area contributed by atoms with Crippen molar-refractivity contribution in [2.75, 3.05) is 13.2 Å². The van der Waals surface area contributed by atoms with Gasteiger partial charge >= 0.3 is 0 Å². The topological polar surface area (TPSA) is 75.9 Å². The number of nitro groups is 1. The van der Waals surface area contributed by atoms with Crippen molar-refractivity contribution in [3.63, 3.8) is 0 Å². The van der Waals surface area contributed by atoms with Gasteiger partial charge in [0.1, 0.15) is 6.17 Å². The molecular formula is C20H23N3O4. The molecule has 0 aromatic heterocycles. The van der Waals surface area contributed by atoms with Crippen molar-refractivity contribution in [3.8, 4) is 0 Å². The van der Waals surface area contributed by atoms with Gasteiger partial charge in [-0.05, 0) is 38.5 Å². The van der Waals surface area contributed by atoms with Gasteiger partial charge < -0.3 is 4.90 Å². The summed E-state index contributed by atoms with van der Waals surface area (Å²) in [6.07, 6.45) is -0.386. The average Bonchev–Trinajstić information content (AvgIpc) is 2.67. The number of rotatable bonds is 3. The SMILES string of the molecule is CC(C)(C)N1OCCN(C(=O)c2ccc([N+](=O)[O-])cc2)C1c1ccccc1. The second kappa shape index (κ2) is 7.46. The number of amides is 1. The van der Waals surface area contributed by atoms with Crippen LogP contribution >= 0.6 is 0 Å². The van der Waals surface area contributed by atoms with Gasteiger partial charge in [0.2, 0.25) is 0 Å². The lowest BCUT2D eigenvalue weighted by molar-refractivity contribution is -0.384. The lowest BCUT2D eigenvalue weighted by Crippen LogP contribution is -2.56. The Labute approximate surface area is 158 Å². The molecule has 2 aromatic carbocycles. The lowest BCUT2D eigenvalue weighted by atomic mass is 10.0. The van der Waals surface area contributed by atoms with Crippen LogP contribution in [0, 0.1) is 10.1 Å². The fraction of sp³-hybridized carbons (Fsp3) is 0.350. The highest BCUT2D eigenvalue weighted by atomic mass is 16.7. The summed E-state index contributed by atoms with van der Waals surface area (Å²) < 4.78 is 0. The fourth-order valence-electron chi connectivity index (χ4n) is 3.16. The number of hydrogen-bond donors (Lipinski definition) is 0. The summed E-state index contributed by atoms with van der Waals surface area (Å²) in [6, 6.07) is 15.4. The van der Waals surface area contributed by atoms with Crippen LogP contribution in [-0.2, 0) is 4.84 Å². The molecule has 1 saturated heterocycles. The molecule has 0 saturated carbocycles. The zero-order chi connectivity index (χ0) is 19.6. The predicted molar refractivity (Wildman–Crippen MR) is 101 cm³/mol. The molecule has 1 atom stereocenters. The Kier molecular flexibility index (Phi) is 5.25. The van der Waals surface area contributed by atoms with Crippen LogP contribution < -0.4 is 0 Å². The number of carbonyl (C=O) groups is 1. The van der Waals surface area contributed by atoms with Crippen LogP contribution in [0.1, 0.15) is 42.9 Å². The molecule has 1 fully saturated rings. The van der Waals surface area contributed by atoms with Crippen LogP contribution in [-0.4, -0.2) is 39.5 Å². The standard InChI is InChI=1S/C20H23N3O4/c1-20(2,3)22-18(15-7-5-4-6-8-15)21(13-14-27-22)19(24)16-9-11-17(12-10-16)23(25)26/h4-12,18H,13-14H2,1-3H3. The zero-order valence-electron chi connectivity index (χ0n) is 15.7. The third kappa shape index (κ3) is 3.99. The van der Waals surface area contributed by atoms with Crippen molar-refractivity contribution >= 4 is 11.6 Å². The van der Waals surface area contributed by atoms with E-state index in [1.165, 1.54) is 24.3 Å². The lowest BCUT2D eigenvalue weighted by Gasteiger charge is -2.48. The largest absolute Gasteiger partial charge is 0.314 e. The Morgan fingerprint density at radius 3 is 2.30 bits per heavy atom. The molecule has 0 radical (unpaired) electrons. The highest BCUT2D eigenvalue weighted by Crippen LogP contribution is 2.35. The van der Waals surface area contributed by atoms with Crippen LogP contribution in [0.2, 0.25) is 0 Å². The highest BCUT2D eigenvalue weighted by molar-refractivity contribution is 5.94. The van der Waals surface area contributed by atoms with E-state index in [4.69, 9.17) is 4.84 Å². The number of benzene rings is 2. The first kappa shape index (κ1) is 19.0. The number of non-ortho nitro benzene ring substituents is 1. The van der Waals surface area contributed by atoms with Crippen molar-refractivity contribution in [1.82, 2.24) is 9.96 Å². The smallest absolute Gasteiger partial charge is 0.269 e. The highest BCUT2D eigenvalue weighted by Gasteiger charge is 2.40. The number of carbonyl (C=O) groups excluding carboxylic acids is 1. The second-order valence-electron chi connectivity index (χ2n) is 7.42. The van der Waals surface area contributed by atoms with Crippen molar-refractivity contribution in [1.29, 1.82) is 0 Å². The minimum atomic E-state index is -0.475. The first-order valence-electron chi connectivity index (χ1n) is 8.81. The molecule has 2 aromatic rings. The van der Waals surface area contributed by atoms with Gasteiger partial charge in [0.05, 0.1) is 11.5 Å². The second-order valence-corrected chi connectivity index (χ2v) is 7.42. The minimum absolute atomic E-state index is 0.0375. The molecule has 1 amide bonds. The monoisotopic (exact) mass is 369 g/mol. The predicted octanol–water partition coefficient (Wildman–Crippen LogP) is 3.78. The normalized spacial score (nSPS) is 18.3. The van der Waals surface area contributed by atoms with Gasteiger partial charge in [-0.15, -0.1) is 0 Å². The number of hydrogen-bond acceptors (Lipinski definition) is 5. The molecule has 27 heavy (non-hydrogen) atoms. The zero-order valence-corrected chi connectivity index (χ0v) is 15.7. The number of hydroxylamine groups is 2. The Hall–Kier alpha value is -2.77. The van der Waals surface area contributed by atoms with E-state index in [9.17, 15) is 14.9 Å². The first-order valence-corrected chi connectivity index (χ1v) is 8.81. The third-order valence-corrected chi connectivity index (χ3v) is 4.42. The summed E-state index contributed by atoms with van der Waals surface area (Å²) in [4.78, 5) is 31.3. The van der Waals surface area contributed by atoms with E-state index in [2.05, 4.69) is 0 Å². The molecule has 0 spiro atoms. The molecule has 0 bridgehead atoms. The van der Waals surface area contributed by atoms with Crippen LogP contribution in [0.15, 0.2) is 54.6 Å². The van der Waals surface area contributed by atoms with Gasteiger partial charge in [-0.2, -0.15) is 5.06 Å². The molecule has 1 aliphatic heterocycles. The molecule has 142 valence electrons.